The average molecular weight is 307 g/mol. The van der Waals surface area contributed by atoms with Crippen LogP contribution in [0, 0.1) is 0 Å². The van der Waals surface area contributed by atoms with Gasteiger partial charge in [0.1, 0.15) is 11.6 Å². The van der Waals surface area contributed by atoms with E-state index in [4.69, 9.17) is 4.74 Å². The predicted octanol–water partition coefficient (Wildman–Crippen LogP) is 4.80. The van der Waals surface area contributed by atoms with Gasteiger partial charge in [-0.25, -0.2) is 9.97 Å². The fraction of sp³-hybridized carbons (Fsp3) is 0.263. The smallest absolute Gasteiger partial charge is 0.219 e. The molecule has 0 saturated carbocycles. The molecule has 0 aliphatic carbocycles. The Hall–Kier alpha value is -2.62. The van der Waals surface area contributed by atoms with Crippen molar-refractivity contribution in [3.05, 3.63) is 54.2 Å². The van der Waals surface area contributed by atoms with Gasteiger partial charge in [0, 0.05) is 17.5 Å². The van der Waals surface area contributed by atoms with Crippen molar-refractivity contribution < 1.29 is 4.74 Å². The number of hydrogen-bond donors (Lipinski definition) is 1. The minimum absolute atomic E-state index is 0.351. The molecule has 0 atom stereocenters. The Balaban J connectivity index is 1.78. The normalized spacial score (nSPS) is 11.0. The molecule has 0 aliphatic rings. The van der Waals surface area contributed by atoms with Gasteiger partial charge in [0.25, 0.3) is 0 Å². The molecule has 0 bridgehead atoms. The predicted molar refractivity (Wildman–Crippen MR) is 94.2 cm³/mol. The number of benzene rings is 1. The van der Waals surface area contributed by atoms with Crippen molar-refractivity contribution in [3.8, 4) is 11.6 Å². The zero-order valence-corrected chi connectivity index (χ0v) is 13.7. The van der Waals surface area contributed by atoms with Gasteiger partial charge in [-0.05, 0) is 56.2 Å². The Bertz CT molecular complexity index is 797. The number of anilines is 1. The number of pyridine rings is 2. The number of aromatic nitrogens is 2. The van der Waals surface area contributed by atoms with E-state index in [1.807, 2.05) is 30.3 Å². The van der Waals surface area contributed by atoms with E-state index in [1.165, 1.54) is 5.56 Å². The van der Waals surface area contributed by atoms with Crippen molar-refractivity contribution in [1.82, 2.24) is 9.97 Å². The lowest BCUT2D eigenvalue weighted by molar-refractivity contribution is 0.463. The molecule has 0 radical (unpaired) electrons. The molecule has 118 valence electrons. The summed E-state index contributed by atoms with van der Waals surface area (Å²) in [6.45, 7) is 6.31. The van der Waals surface area contributed by atoms with Crippen LogP contribution in [0.1, 0.15) is 26.3 Å². The summed E-state index contributed by atoms with van der Waals surface area (Å²) in [5.41, 5.74) is 2.25. The molecule has 1 N–H and O–H groups in total. The maximum Gasteiger partial charge on any atom is 0.219 e. The van der Waals surface area contributed by atoms with Gasteiger partial charge in [0.15, 0.2) is 0 Å². The van der Waals surface area contributed by atoms with E-state index in [-0.39, 0.29) is 0 Å². The minimum atomic E-state index is 0.351. The molecule has 0 aliphatic heterocycles. The van der Waals surface area contributed by atoms with Crippen LogP contribution in [0.25, 0.3) is 10.9 Å². The van der Waals surface area contributed by atoms with E-state index in [9.17, 15) is 0 Å². The first-order valence-electron chi connectivity index (χ1n) is 7.94. The zero-order valence-electron chi connectivity index (χ0n) is 13.7. The molecule has 0 fully saturated rings. The van der Waals surface area contributed by atoms with Gasteiger partial charge in [-0.1, -0.05) is 13.0 Å². The maximum absolute atomic E-state index is 5.80. The van der Waals surface area contributed by atoms with Crippen LogP contribution >= 0.6 is 0 Å². The fourth-order valence-corrected chi connectivity index (χ4v) is 2.38. The molecule has 23 heavy (non-hydrogen) atoms. The molecule has 2 heterocycles. The van der Waals surface area contributed by atoms with Crippen LogP contribution in [-0.2, 0) is 6.42 Å². The van der Waals surface area contributed by atoms with Crippen LogP contribution in [0.2, 0.25) is 0 Å². The third kappa shape index (κ3) is 3.77. The summed E-state index contributed by atoms with van der Waals surface area (Å²) < 4.78 is 5.80. The molecule has 3 rings (SSSR count). The van der Waals surface area contributed by atoms with Gasteiger partial charge in [-0.2, -0.15) is 0 Å². The lowest BCUT2D eigenvalue weighted by atomic mass is 10.1. The molecule has 1 aromatic carbocycles. The van der Waals surface area contributed by atoms with Crippen LogP contribution in [0.4, 0.5) is 5.82 Å². The number of rotatable bonds is 5. The Morgan fingerprint density at radius 1 is 1.09 bits per heavy atom. The third-order valence-corrected chi connectivity index (χ3v) is 3.53. The van der Waals surface area contributed by atoms with E-state index in [1.54, 1.807) is 6.20 Å². The summed E-state index contributed by atoms with van der Waals surface area (Å²) in [5.74, 6) is 2.09. The highest BCUT2D eigenvalue weighted by atomic mass is 16.5. The number of nitrogens with zero attached hydrogens (tertiary/aromatic N) is 2. The summed E-state index contributed by atoms with van der Waals surface area (Å²) in [7, 11) is 0. The Labute approximate surface area is 136 Å². The summed E-state index contributed by atoms with van der Waals surface area (Å²) in [4.78, 5) is 8.89. The highest BCUT2D eigenvalue weighted by molar-refractivity contribution is 5.79. The summed E-state index contributed by atoms with van der Waals surface area (Å²) in [6.07, 6.45) is 2.73. The van der Waals surface area contributed by atoms with Crippen molar-refractivity contribution in [2.75, 3.05) is 5.32 Å². The van der Waals surface area contributed by atoms with Gasteiger partial charge < -0.3 is 10.1 Å². The van der Waals surface area contributed by atoms with Crippen molar-refractivity contribution >= 4 is 16.7 Å². The summed E-state index contributed by atoms with van der Waals surface area (Å²) in [5, 5.41) is 4.38. The maximum atomic E-state index is 5.80. The van der Waals surface area contributed by atoms with Crippen LogP contribution in [0.15, 0.2) is 48.7 Å². The third-order valence-electron chi connectivity index (χ3n) is 3.53. The van der Waals surface area contributed by atoms with E-state index < -0.39 is 0 Å². The molecule has 0 amide bonds. The minimum Gasteiger partial charge on any atom is -0.437 e. The van der Waals surface area contributed by atoms with Crippen molar-refractivity contribution in [3.63, 3.8) is 0 Å². The molecule has 0 unspecified atom stereocenters. The molecule has 0 spiro atoms. The Morgan fingerprint density at radius 2 is 1.96 bits per heavy atom. The van der Waals surface area contributed by atoms with E-state index >= 15 is 0 Å². The molecule has 4 nitrogen and oxygen atoms in total. The summed E-state index contributed by atoms with van der Waals surface area (Å²) >= 11 is 0. The second-order valence-corrected chi connectivity index (χ2v) is 5.81. The number of hydrogen-bond acceptors (Lipinski definition) is 4. The molecule has 4 heteroatoms. The van der Waals surface area contributed by atoms with Crippen LogP contribution < -0.4 is 10.1 Å². The van der Waals surface area contributed by atoms with Gasteiger partial charge >= 0.3 is 0 Å². The molecule has 0 saturated heterocycles. The van der Waals surface area contributed by atoms with E-state index in [0.717, 1.165) is 23.1 Å². The fourth-order valence-electron chi connectivity index (χ4n) is 2.38. The van der Waals surface area contributed by atoms with Gasteiger partial charge in [-0.15, -0.1) is 0 Å². The summed E-state index contributed by atoms with van der Waals surface area (Å²) in [6, 6.07) is 14.4. The molecule has 2 aromatic heterocycles. The Kier molecular flexibility index (Phi) is 4.42. The SMILES string of the molecule is CCc1ccc2nc(Oc3ccc(NC(C)C)nc3)ccc2c1. The quantitative estimate of drug-likeness (QED) is 0.735. The van der Waals surface area contributed by atoms with E-state index in [2.05, 4.69) is 48.2 Å². The van der Waals surface area contributed by atoms with Crippen LogP contribution in [-0.4, -0.2) is 16.0 Å². The van der Waals surface area contributed by atoms with Gasteiger partial charge in [-0.3, -0.25) is 0 Å². The monoisotopic (exact) mass is 307 g/mol. The first kappa shape index (κ1) is 15.3. The zero-order chi connectivity index (χ0) is 16.2. The van der Waals surface area contributed by atoms with Crippen molar-refractivity contribution in [2.24, 2.45) is 0 Å². The van der Waals surface area contributed by atoms with Crippen molar-refractivity contribution in [1.29, 1.82) is 0 Å². The Morgan fingerprint density at radius 3 is 2.65 bits per heavy atom. The number of fused-ring (bicyclic) bond motifs is 1. The number of ether oxygens (including phenoxy) is 1. The second-order valence-electron chi connectivity index (χ2n) is 5.81. The van der Waals surface area contributed by atoms with Gasteiger partial charge in [0.05, 0.1) is 11.7 Å². The largest absolute Gasteiger partial charge is 0.437 e. The number of nitrogens with one attached hydrogen (secondary N) is 1. The lowest BCUT2D eigenvalue weighted by Crippen LogP contribution is -2.10. The van der Waals surface area contributed by atoms with E-state index in [0.29, 0.717) is 17.7 Å². The molecule has 3 aromatic rings. The lowest BCUT2D eigenvalue weighted by Gasteiger charge is -2.10. The topological polar surface area (TPSA) is 47.0 Å². The molecular weight excluding hydrogens is 286 g/mol. The standard InChI is InChI=1S/C19H21N3O/c1-4-14-5-8-17-15(11-14)6-10-19(22-17)23-16-7-9-18(20-12-16)21-13(2)3/h5-13H,4H2,1-3H3,(H,20,21). The first-order chi connectivity index (χ1) is 11.1. The molecular formula is C19H21N3O. The second kappa shape index (κ2) is 6.65. The van der Waals surface area contributed by atoms with Crippen LogP contribution in [0.5, 0.6) is 11.6 Å². The highest BCUT2D eigenvalue weighted by Gasteiger charge is 2.03. The highest BCUT2D eigenvalue weighted by Crippen LogP contribution is 2.23. The average Bonchev–Trinajstić information content (AvgIpc) is 2.55. The van der Waals surface area contributed by atoms with Crippen LogP contribution in [0.3, 0.4) is 0 Å². The van der Waals surface area contributed by atoms with Crippen molar-refractivity contribution in [2.45, 2.75) is 33.2 Å². The van der Waals surface area contributed by atoms with Gasteiger partial charge in [0.2, 0.25) is 5.88 Å². The number of aryl methyl sites for hydroxylation is 1. The first-order valence-corrected chi connectivity index (χ1v) is 7.94.